The number of aromatic nitrogens is 2. The van der Waals surface area contributed by atoms with E-state index in [-0.39, 0.29) is 5.54 Å². The van der Waals surface area contributed by atoms with Gasteiger partial charge in [0.25, 0.3) is 0 Å². The zero-order valence-electron chi connectivity index (χ0n) is 8.54. The summed E-state index contributed by atoms with van der Waals surface area (Å²) in [5, 5.41) is 3.25. The van der Waals surface area contributed by atoms with E-state index in [1.165, 1.54) is 6.33 Å². The first-order valence-electron chi connectivity index (χ1n) is 4.28. The molecule has 0 radical (unpaired) electrons. The molecule has 1 heterocycles. The molecule has 0 saturated heterocycles. The van der Waals surface area contributed by atoms with Gasteiger partial charge in [0.2, 0.25) is 0 Å². The van der Waals surface area contributed by atoms with Gasteiger partial charge >= 0.3 is 0 Å². The van der Waals surface area contributed by atoms with Crippen molar-refractivity contribution in [3.63, 3.8) is 0 Å². The lowest BCUT2D eigenvalue weighted by Gasteiger charge is -2.25. The molecule has 0 unspecified atom stereocenters. The number of anilines is 1. The minimum Gasteiger partial charge on any atom is -0.382 e. The van der Waals surface area contributed by atoms with E-state index < -0.39 is 0 Å². The molecule has 14 heavy (non-hydrogen) atoms. The third kappa shape index (κ3) is 3.59. The predicted octanol–water partition coefficient (Wildman–Crippen LogP) is 2.08. The topological polar surface area (TPSA) is 47.0 Å². The molecular weight excluding hydrogens is 246 g/mol. The third-order valence-corrected chi connectivity index (χ3v) is 2.04. The number of halogens is 1. The summed E-state index contributed by atoms with van der Waals surface area (Å²) in [4.78, 5) is 8.05. The van der Waals surface area contributed by atoms with Gasteiger partial charge in [0, 0.05) is 13.2 Å². The Balaban J connectivity index is 2.68. The Labute approximate surface area is 92.2 Å². The number of hydrogen-bond donors (Lipinski definition) is 1. The highest BCUT2D eigenvalue weighted by molar-refractivity contribution is 9.10. The molecule has 0 saturated carbocycles. The van der Waals surface area contributed by atoms with Crippen LogP contribution in [0.2, 0.25) is 0 Å². The second-order valence-corrected chi connectivity index (χ2v) is 4.48. The van der Waals surface area contributed by atoms with Gasteiger partial charge in [-0.15, -0.1) is 0 Å². The first-order chi connectivity index (χ1) is 6.53. The summed E-state index contributed by atoms with van der Waals surface area (Å²) in [7, 11) is 1.68. The van der Waals surface area contributed by atoms with E-state index in [1.807, 2.05) is 19.9 Å². The van der Waals surface area contributed by atoms with E-state index in [2.05, 4.69) is 31.2 Å². The van der Waals surface area contributed by atoms with Crippen molar-refractivity contribution in [2.24, 2.45) is 0 Å². The highest BCUT2D eigenvalue weighted by atomic mass is 79.9. The molecule has 0 aliphatic heterocycles. The summed E-state index contributed by atoms with van der Waals surface area (Å²) in [6.45, 7) is 4.72. The fraction of sp³-hybridized carbons (Fsp3) is 0.556. The third-order valence-electron chi connectivity index (χ3n) is 1.61. The minimum absolute atomic E-state index is 0.136. The molecule has 4 nitrogen and oxygen atoms in total. The van der Waals surface area contributed by atoms with Crippen molar-refractivity contribution in [2.75, 3.05) is 19.0 Å². The molecule has 1 aromatic rings. The van der Waals surface area contributed by atoms with Crippen LogP contribution in [0.5, 0.6) is 0 Å². The van der Waals surface area contributed by atoms with Crippen LogP contribution in [0.4, 0.5) is 5.82 Å². The lowest BCUT2D eigenvalue weighted by Crippen LogP contribution is -2.36. The molecule has 1 aromatic heterocycles. The standard InChI is InChI=1S/C9H14BrN3O/c1-9(2,5-14-3)13-8-4-7(10)11-6-12-8/h4,6H,5H2,1-3H3,(H,11,12,13). The maximum absolute atomic E-state index is 5.09. The van der Waals surface area contributed by atoms with Crippen LogP contribution >= 0.6 is 15.9 Å². The highest BCUT2D eigenvalue weighted by Crippen LogP contribution is 2.15. The summed E-state index contributed by atoms with van der Waals surface area (Å²) < 4.78 is 5.86. The monoisotopic (exact) mass is 259 g/mol. The molecule has 0 atom stereocenters. The molecule has 0 fully saturated rings. The maximum atomic E-state index is 5.09. The van der Waals surface area contributed by atoms with E-state index in [9.17, 15) is 0 Å². The van der Waals surface area contributed by atoms with Crippen molar-refractivity contribution in [1.29, 1.82) is 0 Å². The van der Waals surface area contributed by atoms with Crippen LogP contribution in [0.1, 0.15) is 13.8 Å². The number of nitrogens with one attached hydrogen (secondary N) is 1. The molecule has 0 aromatic carbocycles. The Morgan fingerprint density at radius 3 is 2.79 bits per heavy atom. The molecule has 0 amide bonds. The fourth-order valence-electron chi connectivity index (χ4n) is 1.15. The fourth-order valence-corrected chi connectivity index (χ4v) is 1.45. The number of ether oxygens (including phenoxy) is 1. The zero-order chi connectivity index (χ0) is 10.6. The maximum Gasteiger partial charge on any atom is 0.130 e. The first-order valence-corrected chi connectivity index (χ1v) is 5.07. The molecule has 0 bridgehead atoms. The molecule has 0 aliphatic carbocycles. The van der Waals surface area contributed by atoms with E-state index in [0.717, 1.165) is 10.4 Å². The van der Waals surface area contributed by atoms with Crippen molar-refractivity contribution >= 4 is 21.7 Å². The first kappa shape index (κ1) is 11.4. The van der Waals surface area contributed by atoms with Crippen LogP contribution in [0.15, 0.2) is 17.0 Å². The second-order valence-electron chi connectivity index (χ2n) is 3.67. The Bertz CT molecular complexity index is 304. The molecule has 0 spiro atoms. The van der Waals surface area contributed by atoms with E-state index >= 15 is 0 Å². The van der Waals surface area contributed by atoms with Gasteiger partial charge in [-0.2, -0.15) is 0 Å². The van der Waals surface area contributed by atoms with Gasteiger partial charge in [0.1, 0.15) is 16.7 Å². The minimum atomic E-state index is -0.136. The molecular formula is C9H14BrN3O. The summed E-state index contributed by atoms with van der Waals surface area (Å²) in [6.07, 6.45) is 1.51. The number of rotatable bonds is 4. The van der Waals surface area contributed by atoms with Crippen molar-refractivity contribution in [3.8, 4) is 0 Å². The number of nitrogens with zero attached hydrogens (tertiary/aromatic N) is 2. The average molecular weight is 260 g/mol. The number of hydrogen-bond acceptors (Lipinski definition) is 4. The van der Waals surface area contributed by atoms with Gasteiger partial charge in [-0.25, -0.2) is 9.97 Å². The SMILES string of the molecule is COCC(C)(C)Nc1cc(Br)ncn1. The van der Waals surface area contributed by atoms with Gasteiger partial charge in [-0.1, -0.05) is 0 Å². The van der Waals surface area contributed by atoms with Gasteiger partial charge in [-0.05, 0) is 29.8 Å². The van der Waals surface area contributed by atoms with Gasteiger partial charge in [0.15, 0.2) is 0 Å². The summed E-state index contributed by atoms with van der Waals surface area (Å²) in [5.74, 6) is 0.786. The van der Waals surface area contributed by atoms with Crippen molar-refractivity contribution in [2.45, 2.75) is 19.4 Å². The van der Waals surface area contributed by atoms with Crippen molar-refractivity contribution in [3.05, 3.63) is 17.0 Å². The van der Waals surface area contributed by atoms with Crippen LogP contribution < -0.4 is 5.32 Å². The van der Waals surface area contributed by atoms with Crippen molar-refractivity contribution in [1.82, 2.24) is 9.97 Å². The largest absolute Gasteiger partial charge is 0.382 e. The predicted molar refractivity (Wildman–Crippen MR) is 59.3 cm³/mol. The molecule has 78 valence electrons. The van der Waals surface area contributed by atoms with E-state index in [0.29, 0.717) is 6.61 Å². The lowest BCUT2D eigenvalue weighted by molar-refractivity contribution is 0.158. The van der Waals surface area contributed by atoms with E-state index in [4.69, 9.17) is 4.74 Å². The van der Waals surface area contributed by atoms with Crippen LogP contribution in [0, 0.1) is 0 Å². The summed E-state index contributed by atoms with van der Waals surface area (Å²) >= 11 is 3.29. The van der Waals surface area contributed by atoms with Gasteiger partial charge < -0.3 is 10.1 Å². The molecule has 5 heteroatoms. The van der Waals surface area contributed by atoms with Crippen molar-refractivity contribution < 1.29 is 4.74 Å². The Kier molecular flexibility index (Phi) is 3.83. The highest BCUT2D eigenvalue weighted by Gasteiger charge is 2.17. The van der Waals surface area contributed by atoms with Crippen LogP contribution in [0.25, 0.3) is 0 Å². The van der Waals surface area contributed by atoms with Crippen LogP contribution in [-0.2, 0) is 4.74 Å². The lowest BCUT2D eigenvalue weighted by atomic mass is 10.1. The van der Waals surface area contributed by atoms with Gasteiger partial charge in [0.05, 0.1) is 12.1 Å². The molecule has 0 aliphatic rings. The quantitative estimate of drug-likeness (QED) is 0.842. The summed E-state index contributed by atoms with van der Waals surface area (Å²) in [5.41, 5.74) is -0.136. The van der Waals surface area contributed by atoms with E-state index in [1.54, 1.807) is 7.11 Å². The smallest absolute Gasteiger partial charge is 0.130 e. The van der Waals surface area contributed by atoms with Gasteiger partial charge in [-0.3, -0.25) is 0 Å². The van der Waals surface area contributed by atoms with Crippen LogP contribution in [0.3, 0.4) is 0 Å². The Hall–Kier alpha value is -0.680. The zero-order valence-corrected chi connectivity index (χ0v) is 10.1. The second kappa shape index (κ2) is 4.70. The summed E-state index contributed by atoms with van der Waals surface area (Å²) in [6, 6.07) is 1.83. The normalized spacial score (nSPS) is 11.4. The Morgan fingerprint density at radius 2 is 2.21 bits per heavy atom. The van der Waals surface area contributed by atoms with Crippen LogP contribution in [-0.4, -0.2) is 29.2 Å². The Morgan fingerprint density at radius 1 is 1.50 bits per heavy atom. The molecule has 1 rings (SSSR count). The average Bonchev–Trinajstić information content (AvgIpc) is 2.02. The molecule has 1 N–H and O–H groups in total. The number of methoxy groups -OCH3 is 1.